The normalized spacial score (nSPS) is 13.6. The zero-order chi connectivity index (χ0) is 15.4. The standard InChI is InChI=1S/C15H18N2O3S/c1-9(14-3-2-6-21-14)17-15(20)11(16)7-10-4-5-12(18)13(19)8-10/h2-6,8-9,11,18-19H,7,16H2,1H3,(H,17,20)/t9-,11-/m0/s1. The van der Waals surface area contributed by atoms with Crippen LogP contribution in [0.15, 0.2) is 35.7 Å². The van der Waals surface area contributed by atoms with Crippen LogP contribution in [-0.4, -0.2) is 22.2 Å². The number of rotatable bonds is 5. The summed E-state index contributed by atoms with van der Waals surface area (Å²) in [5.74, 6) is -0.654. The molecule has 0 spiro atoms. The molecule has 5 N–H and O–H groups in total. The number of phenolic OH excluding ortho intramolecular Hbond substituents is 2. The Balaban J connectivity index is 1.94. The van der Waals surface area contributed by atoms with Crippen molar-refractivity contribution >= 4 is 17.2 Å². The van der Waals surface area contributed by atoms with Crippen LogP contribution in [-0.2, 0) is 11.2 Å². The molecule has 2 rings (SSSR count). The third-order valence-electron chi connectivity index (χ3n) is 3.16. The molecule has 2 aromatic rings. The second-order valence-electron chi connectivity index (χ2n) is 4.88. The second-order valence-corrected chi connectivity index (χ2v) is 5.86. The topological polar surface area (TPSA) is 95.6 Å². The van der Waals surface area contributed by atoms with Gasteiger partial charge in [0.2, 0.25) is 5.91 Å². The molecule has 6 heteroatoms. The van der Waals surface area contributed by atoms with E-state index in [1.54, 1.807) is 17.4 Å². The molecule has 0 aliphatic heterocycles. The van der Waals surface area contributed by atoms with Gasteiger partial charge in [0, 0.05) is 4.88 Å². The number of nitrogens with one attached hydrogen (secondary N) is 1. The quantitative estimate of drug-likeness (QED) is 0.635. The molecular formula is C15H18N2O3S. The lowest BCUT2D eigenvalue weighted by Gasteiger charge is -2.17. The van der Waals surface area contributed by atoms with E-state index in [0.717, 1.165) is 4.88 Å². The fraction of sp³-hybridized carbons (Fsp3) is 0.267. The lowest BCUT2D eigenvalue weighted by Crippen LogP contribution is -2.42. The number of aromatic hydroxyl groups is 2. The summed E-state index contributed by atoms with van der Waals surface area (Å²) in [6.07, 6.45) is 0.289. The molecule has 0 saturated carbocycles. The first-order valence-electron chi connectivity index (χ1n) is 6.57. The van der Waals surface area contributed by atoms with Crippen LogP contribution in [0.2, 0.25) is 0 Å². The molecular weight excluding hydrogens is 288 g/mol. The van der Waals surface area contributed by atoms with Crippen molar-refractivity contribution in [3.8, 4) is 11.5 Å². The van der Waals surface area contributed by atoms with Gasteiger partial charge < -0.3 is 21.3 Å². The maximum absolute atomic E-state index is 12.1. The largest absolute Gasteiger partial charge is 0.504 e. The highest BCUT2D eigenvalue weighted by molar-refractivity contribution is 7.10. The van der Waals surface area contributed by atoms with Crippen molar-refractivity contribution in [1.82, 2.24) is 5.32 Å². The highest BCUT2D eigenvalue weighted by Crippen LogP contribution is 2.25. The average molecular weight is 306 g/mol. The summed E-state index contributed by atoms with van der Waals surface area (Å²) in [6.45, 7) is 1.91. The van der Waals surface area contributed by atoms with Crippen LogP contribution in [0.3, 0.4) is 0 Å². The van der Waals surface area contributed by atoms with E-state index in [1.165, 1.54) is 12.1 Å². The van der Waals surface area contributed by atoms with Crippen LogP contribution in [0.25, 0.3) is 0 Å². The van der Waals surface area contributed by atoms with Gasteiger partial charge in [0.05, 0.1) is 12.1 Å². The van der Waals surface area contributed by atoms with E-state index in [-0.39, 0.29) is 29.9 Å². The number of hydrogen-bond donors (Lipinski definition) is 4. The van der Waals surface area contributed by atoms with E-state index in [2.05, 4.69) is 5.32 Å². The minimum atomic E-state index is -0.712. The van der Waals surface area contributed by atoms with Gasteiger partial charge >= 0.3 is 0 Å². The maximum Gasteiger partial charge on any atom is 0.237 e. The van der Waals surface area contributed by atoms with Gasteiger partial charge in [-0.25, -0.2) is 0 Å². The minimum absolute atomic E-state index is 0.0863. The summed E-state index contributed by atoms with van der Waals surface area (Å²) >= 11 is 1.58. The molecule has 5 nitrogen and oxygen atoms in total. The number of amides is 1. The van der Waals surface area contributed by atoms with E-state index < -0.39 is 6.04 Å². The summed E-state index contributed by atoms with van der Waals surface area (Å²) in [6, 6.07) is 7.51. The Morgan fingerprint density at radius 1 is 1.33 bits per heavy atom. The zero-order valence-corrected chi connectivity index (χ0v) is 12.4. The van der Waals surface area contributed by atoms with Crippen molar-refractivity contribution in [2.24, 2.45) is 5.73 Å². The summed E-state index contributed by atoms with van der Waals surface area (Å²) in [4.78, 5) is 13.1. The molecule has 0 bridgehead atoms. The van der Waals surface area contributed by atoms with Crippen LogP contribution in [0.1, 0.15) is 23.4 Å². The first-order chi connectivity index (χ1) is 9.97. The maximum atomic E-state index is 12.1. The monoisotopic (exact) mass is 306 g/mol. The molecule has 0 fully saturated rings. The van der Waals surface area contributed by atoms with E-state index in [9.17, 15) is 15.0 Å². The Morgan fingerprint density at radius 3 is 2.71 bits per heavy atom. The van der Waals surface area contributed by atoms with Crippen molar-refractivity contribution in [3.05, 3.63) is 46.2 Å². The Bertz CT molecular complexity index is 613. The average Bonchev–Trinajstić information content (AvgIpc) is 2.97. The lowest BCUT2D eigenvalue weighted by atomic mass is 10.0. The first kappa shape index (κ1) is 15.3. The highest BCUT2D eigenvalue weighted by Gasteiger charge is 2.18. The van der Waals surface area contributed by atoms with Crippen molar-refractivity contribution < 1.29 is 15.0 Å². The molecule has 0 aliphatic rings. The van der Waals surface area contributed by atoms with Gasteiger partial charge in [-0.1, -0.05) is 12.1 Å². The van der Waals surface area contributed by atoms with Gasteiger partial charge in [-0.05, 0) is 42.5 Å². The van der Waals surface area contributed by atoms with Gasteiger partial charge in [-0.2, -0.15) is 0 Å². The van der Waals surface area contributed by atoms with E-state index >= 15 is 0 Å². The van der Waals surface area contributed by atoms with Crippen LogP contribution in [0, 0.1) is 0 Å². The van der Waals surface area contributed by atoms with Crippen molar-refractivity contribution in [3.63, 3.8) is 0 Å². The predicted molar refractivity (Wildman–Crippen MR) is 82.3 cm³/mol. The molecule has 0 radical (unpaired) electrons. The van der Waals surface area contributed by atoms with Gasteiger partial charge in [0.15, 0.2) is 11.5 Å². The molecule has 1 aromatic carbocycles. The predicted octanol–water partition coefficient (Wildman–Crippen LogP) is 1.91. The van der Waals surface area contributed by atoms with Crippen LogP contribution in [0.4, 0.5) is 0 Å². The highest BCUT2D eigenvalue weighted by atomic mass is 32.1. The lowest BCUT2D eigenvalue weighted by molar-refractivity contribution is -0.122. The summed E-state index contributed by atoms with van der Waals surface area (Å²) < 4.78 is 0. The molecule has 1 heterocycles. The number of carbonyl (C=O) groups excluding carboxylic acids is 1. The summed E-state index contributed by atoms with van der Waals surface area (Å²) in [5, 5.41) is 23.5. The van der Waals surface area contributed by atoms with Gasteiger partial charge in [0.1, 0.15) is 0 Å². The molecule has 112 valence electrons. The van der Waals surface area contributed by atoms with E-state index in [4.69, 9.17) is 5.73 Å². The number of carbonyl (C=O) groups is 1. The number of nitrogens with two attached hydrogens (primary N) is 1. The van der Waals surface area contributed by atoms with E-state index in [0.29, 0.717) is 5.56 Å². The Kier molecular flexibility index (Phi) is 4.82. The fourth-order valence-corrected chi connectivity index (χ4v) is 2.71. The summed E-state index contributed by atoms with van der Waals surface area (Å²) in [5.41, 5.74) is 6.58. The van der Waals surface area contributed by atoms with Gasteiger partial charge in [-0.3, -0.25) is 4.79 Å². The van der Waals surface area contributed by atoms with E-state index in [1.807, 2.05) is 24.4 Å². The van der Waals surface area contributed by atoms with Gasteiger partial charge in [-0.15, -0.1) is 11.3 Å². The van der Waals surface area contributed by atoms with Crippen molar-refractivity contribution in [2.45, 2.75) is 25.4 Å². The number of phenols is 2. The molecule has 0 unspecified atom stereocenters. The third-order valence-corrected chi connectivity index (χ3v) is 4.22. The Morgan fingerprint density at radius 2 is 2.10 bits per heavy atom. The van der Waals surface area contributed by atoms with Crippen molar-refractivity contribution in [1.29, 1.82) is 0 Å². The third kappa shape index (κ3) is 3.96. The van der Waals surface area contributed by atoms with Crippen LogP contribution >= 0.6 is 11.3 Å². The summed E-state index contributed by atoms with van der Waals surface area (Å²) in [7, 11) is 0. The number of thiophene rings is 1. The van der Waals surface area contributed by atoms with Crippen molar-refractivity contribution in [2.75, 3.05) is 0 Å². The first-order valence-corrected chi connectivity index (χ1v) is 7.45. The smallest absolute Gasteiger partial charge is 0.237 e. The van der Waals surface area contributed by atoms with Crippen LogP contribution < -0.4 is 11.1 Å². The molecule has 21 heavy (non-hydrogen) atoms. The molecule has 2 atom stereocenters. The minimum Gasteiger partial charge on any atom is -0.504 e. The van der Waals surface area contributed by atoms with Crippen LogP contribution in [0.5, 0.6) is 11.5 Å². The molecule has 1 aromatic heterocycles. The number of benzene rings is 1. The molecule has 0 saturated heterocycles. The Labute approximate surface area is 127 Å². The SMILES string of the molecule is C[C@H](NC(=O)[C@@H](N)Cc1ccc(O)c(O)c1)c1cccs1. The Hall–Kier alpha value is -2.05. The fourth-order valence-electron chi connectivity index (χ4n) is 1.97. The molecule has 0 aliphatic carbocycles. The molecule has 1 amide bonds. The second kappa shape index (κ2) is 6.60. The van der Waals surface area contributed by atoms with Gasteiger partial charge in [0.25, 0.3) is 0 Å². The zero-order valence-electron chi connectivity index (χ0n) is 11.6. The number of hydrogen-bond acceptors (Lipinski definition) is 5.